The number of H-pyrrole nitrogens is 2. The SMILES string of the molecule is O=c1[nH]nc(CNc2ncc(Cl)cn2)[nH]1. The first kappa shape index (κ1) is 9.66. The molecule has 2 aromatic heterocycles. The van der Waals surface area contributed by atoms with Crippen LogP contribution in [-0.2, 0) is 6.54 Å². The molecule has 8 heteroatoms. The molecule has 0 fully saturated rings. The quantitative estimate of drug-likeness (QED) is 0.692. The highest BCUT2D eigenvalue weighted by Crippen LogP contribution is 2.05. The first-order valence-corrected chi connectivity index (χ1v) is 4.47. The summed E-state index contributed by atoms with van der Waals surface area (Å²) in [4.78, 5) is 21.0. The molecule has 0 saturated heterocycles. The van der Waals surface area contributed by atoms with Crippen LogP contribution in [0.15, 0.2) is 17.2 Å². The summed E-state index contributed by atoms with van der Waals surface area (Å²) < 4.78 is 0. The summed E-state index contributed by atoms with van der Waals surface area (Å²) in [5.74, 6) is 0.904. The lowest BCUT2D eigenvalue weighted by Crippen LogP contribution is -2.06. The number of nitrogens with zero attached hydrogens (tertiary/aromatic N) is 3. The number of rotatable bonds is 3. The van der Waals surface area contributed by atoms with E-state index >= 15 is 0 Å². The predicted octanol–water partition coefficient (Wildman–Crippen LogP) is 0.153. The average molecular weight is 227 g/mol. The molecule has 0 unspecified atom stereocenters. The molecule has 0 aliphatic carbocycles. The third-order valence-electron chi connectivity index (χ3n) is 1.58. The molecule has 15 heavy (non-hydrogen) atoms. The van der Waals surface area contributed by atoms with Crippen LogP contribution in [0.3, 0.4) is 0 Å². The van der Waals surface area contributed by atoms with Crippen LogP contribution < -0.4 is 11.0 Å². The zero-order chi connectivity index (χ0) is 10.7. The lowest BCUT2D eigenvalue weighted by molar-refractivity contribution is 0.935. The molecule has 2 aromatic rings. The molecule has 0 aromatic carbocycles. The van der Waals surface area contributed by atoms with E-state index in [4.69, 9.17) is 11.6 Å². The van der Waals surface area contributed by atoms with Crippen molar-refractivity contribution in [1.82, 2.24) is 25.1 Å². The van der Waals surface area contributed by atoms with Crippen LogP contribution in [0, 0.1) is 0 Å². The summed E-state index contributed by atoms with van der Waals surface area (Å²) in [5.41, 5.74) is -0.344. The van der Waals surface area contributed by atoms with E-state index in [0.717, 1.165) is 0 Å². The summed E-state index contributed by atoms with van der Waals surface area (Å²) in [5, 5.41) is 9.30. The zero-order valence-corrected chi connectivity index (χ0v) is 8.25. The Morgan fingerprint density at radius 2 is 2.13 bits per heavy atom. The number of halogens is 1. The molecule has 78 valence electrons. The van der Waals surface area contributed by atoms with Crippen LogP contribution in [0.2, 0.25) is 5.02 Å². The smallest absolute Gasteiger partial charge is 0.340 e. The van der Waals surface area contributed by atoms with E-state index < -0.39 is 0 Å². The molecule has 0 saturated carbocycles. The summed E-state index contributed by atoms with van der Waals surface area (Å²) >= 11 is 5.61. The van der Waals surface area contributed by atoms with Gasteiger partial charge in [0.2, 0.25) is 5.95 Å². The van der Waals surface area contributed by atoms with Crippen LogP contribution in [0.25, 0.3) is 0 Å². The van der Waals surface area contributed by atoms with E-state index in [2.05, 4.69) is 30.5 Å². The molecule has 2 rings (SSSR count). The van der Waals surface area contributed by atoms with Crippen molar-refractivity contribution in [1.29, 1.82) is 0 Å². The van der Waals surface area contributed by atoms with Crippen LogP contribution in [0.5, 0.6) is 0 Å². The molecule has 0 bridgehead atoms. The van der Waals surface area contributed by atoms with Crippen molar-refractivity contribution in [3.63, 3.8) is 0 Å². The molecule has 0 aliphatic rings. The van der Waals surface area contributed by atoms with Gasteiger partial charge < -0.3 is 5.32 Å². The zero-order valence-electron chi connectivity index (χ0n) is 7.49. The number of aromatic nitrogens is 5. The Kier molecular flexibility index (Phi) is 2.64. The minimum Gasteiger partial charge on any atom is -0.347 e. The van der Waals surface area contributed by atoms with E-state index in [1.165, 1.54) is 12.4 Å². The first-order chi connectivity index (χ1) is 7.24. The maximum absolute atomic E-state index is 10.7. The van der Waals surface area contributed by atoms with Gasteiger partial charge in [0.1, 0.15) is 5.82 Å². The Balaban J connectivity index is 1.99. The second kappa shape index (κ2) is 4.09. The summed E-state index contributed by atoms with van der Waals surface area (Å²) in [6.45, 7) is 0.334. The van der Waals surface area contributed by atoms with Gasteiger partial charge in [0.05, 0.1) is 24.0 Å². The first-order valence-electron chi connectivity index (χ1n) is 4.09. The molecule has 0 radical (unpaired) electrons. The third-order valence-corrected chi connectivity index (χ3v) is 1.78. The highest BCUT2D eigenvalue weighted by molar-refractivity contribution is 6.30. The Morgan fingerprint density at radius 1 is 1.40 bits per heavy atom. The minimum atomic E-state index is -0.344. The van der Waals surface area contributed by atoms with E-state index in [-0.39, 0.29) is 5.69 Å². The van der Waals surface area contributed by atoms with Crippen molar-refractivity contribution in [2.45, 2.75) is 6.54 Å². The summed E-state index contributed by atoms with van der Waals surface area (Å²) in [7, 11) is 0. The van der Waals surface area contributed by atoms with Crippen molar-refractivity contribution in [3.8, 4) is 0 Å². The molecule has 0 spiro atoms. The molecule has 0 aliphatic heterocycles. The van der Waals surface area contributed by atoms with E-state index in [0.29, 0.717) is 23.3 Å². The van der Waals surface area contributed by atoms with Gasteiger partial charge in [-0.25, -0.2) is 19.9 Å². The van der Waals surface area contributed by atoms with Crippen LogP contribution in [0.1, 0.15) is 5.82 Å². The lowest BCUT2D eigenvalue weighted by atomic mass is 10.6. The number of hydrogen-bond acceptors (Lipinski definition) is 5. The lowest BCUT2D eigenvalue weighted by Gasteiger charge is -2.00. The highest BCUT2D eigenvalue weighted by Gasteiger charge is 1.99. The molecule has 2 heterocycles. The number of nitrogens with one attached hydrogen (secondary N) is 3. The van der Waals surface area contributed by atoms with Gasteiger partial charge in [-0.05, 0) is 0 Å². The van der Waals surface area contributed by atoms with Crippen LogP contribution >= 0.6 is 11.6 Å². The van der Waals surface area contributed by atoms with Crippen molar-refractivity contribution < 1.29 is 0 Å². The fourth-order valence-corrected chi connectivity index (χ4v) is 1.05. The van der Waals surface area contributed by atoms with Gasteiger partial charge in [-0.2, -0.15) is 5.10 Å². The molecular weight excluding hydrogens is 220 g/mol. The summed E-state index contributed by atoms with van der Waals surface area (Å²) in [6, 6.07) is 0. The van der Waals surface area contributed by atoms with Crippen LogP contribution in [-0.4, -0.2) is 25.1 Å². The Bertz CT molecular complexity index is 489. The van der Waals surface area contributed by atoms with E-state index in [1.54, 1.807) is 0 Å². The van der Waals surface area contributed by atoms with Crippen LogP contribution in [0.4, 0.5) is 5.95 Å². The second-order valence-corrected chi connectivity index (χ2v) is 3.14. The highest BCUT2D eigenvalue weighted by atomic mass is 35.5. The van der Waals surface area contributed by atoms with Gasteiger partial charge >= 0.3 is 5.69 Å². The van der Waals surface area contributed by atoms with Gasteiger partial charge in [0, 0.05) is 0 Å². The minimum absolute atomic E-state index is 0.334. The van der Waals surface area contributed by atoms with Gasteiger partial charge in [0.15, 0.2) is 0 Å². The summed E-state index contributed by atoms with van der Waals surface area (Å²) in [6.07, 6.45) is 2.95. The number of anilines is 1. The maximum Gasteiger partial charge on any atom is 0.340 e. The maximum atomic E-state index is 10.7. The Morgan fingerprint density at radius 3 is 2.73 bits per heavy atom. The Hall–Kier alpha value is -1.89. The molecule has 0 amide bonds. The largest absolute Gasteiger partial charge is 0.347 e. The van der Waals surface area contributed by atoms with E-state index in [1.807, 2.05) is 0 Å². The number of aromatic amines is 2. The van der Waals surface area contributed by atoms with Gasteiger partial charge in [-0.15, -0.1) is 0 Å². The monoisotopic (exact) mass is 226 g/mol. The molecule has 0 atom stereocenters. The predicted molar refractivity (Wildman–Crippen MR) is 53.6 cm³/mol. The number of hydrogen-bond donors (Lipinski definition) is 3. The Labute approximate surface area is 88.9 Å². The van der Waals surface area contributed by atoms with Gasteiger partial charge in [0.25, 0.3) is 0 Å². The van der Waals surface area contributed by atoms with Gasteiger partial charge in [-0.1, -0.05) is 11.6 Å². The molecule has 7 nitrogen and oxygen atoms in total. The van der Waals surface area contributed by atoms with Crippen molar-refractivity contribution in [2.75, 3.05) is 5.32 Å². The second-order valence-electron chi connectivity index (χ2n) is 2.70. The van der Waals surface area contributed by atoms with Crippen molar-refractivity contribution in [2.24, 2.45) is 0 Å². The normalized spacial score (nSPS) is 10.2. The molecular formula is C7H7ClN6O. The third kappa shape index (κ3) is 2.53. The fraction of sp³-hybridized carbons (Fsp3) is 0.143. The topological polar surface area (TPSA) is 99.3 Å². The van der Waals surface area contributed by atoms with Gasteiger partial charge in [-0.3, -0.25) is 4.98 Å². The average Bonchev–Trinajstić information content (AvgIpc) is 2.64. The van der Waals surface area contributed by atoms with Crippen molar-refractivity contribution >= 4 is 17.5 Å². The fourth-order valence-electron chi connectivity index (χ4n) is 0.955. The van der Waals surface area contributed by atoms with E-state index in [9.17, 15) is 4.79 Å². The standard InChI is InChI=1S/C7H7ClN6O/c8-4-1-9-6(10-2-4)11-3-5-12-7(15)14-13-5/h1-2H,3H2,(H,9,10,11)(H2,12,13,14,15). The molecule has 3 N–H and O–H groups in total. The van der Waals surface area contributed by atoms with Crippen molar-refractivity contribution in [3.05, 3.63) is 33.7 Å².